The van der Waals surface area contributed by atoms with E-state index in [4.69, 9.17) is 11.6 Å². The van der Waals surface area contributed by atoms with Gasteiger partial charge in [0, 0.05) is 24.5 Å². The monoisotopic (exact) mass is 490 g/mol. The lowest BCUT2D eigenvalue weighted by Crippen LogP contribution is -2.42. The maximum Gasteiger partial charge on any atom is 0.243 e. The predicted molar refractivity (Wildman–Crippen MR) is 121 cm³/mol. The number of nitrogens with one attached hydrogen (secondary N) is 1. The van der Waals surface area contributed by atoms with Crippen molar-refractivity contribution in [3.8, 4) is 0 Å². The molecular formula is C24H21ClF2N2O3S. The van der Waals surface area contributed by atoms with Gasteiger partial charge in [0.25, 0.3) is 0 Å². The van der Waals surface area contributed by atoms with Crippen molar-refractivity contribution in [2.45, 2.75) is 30.3 Å². The van der Waals surface area contributed by atoms with Gasteiger partial charge in [-0.2, -0.15) is 4.31 Å². The average Bonchev–Trinajstić information content (AvgIpc) is 2.79. The summed E-state index contributed by atoms with van der Waals surface area (Å²) < 4.78 is 54.7. The number of nitrogens with zero attached hydrogens (tertiary/aromatic N) is 1. The van der Waals surface area contributed by atoms with Crippen LogP contribution >= 0.6 is 11.6 Å². The van der Waals surface area contributed by atoms with Gasteiger partial charge in [0.05, 0.1) is 10.9 Å². The molecule has 0 radical (unpaired) electrons. The zero-order valence-corrected chi connectivity index (χ0v) is 19.0. The van der Waals surface area contributed by atoms with E-state index in [2.05, 4.69) is 5.32 Å². The molecule has 0 aromatic heterocycles. The van der Waals surface area contributed by atoms with E-state index in [1.807, 2.05) is 18.2 Å². The van der Waals surface area contributed by atoms with Crippen LogP contribution in [0.4, 0.5) is 8.78 Å². The highest BCUT2D eigenvalue weighted by molar-refractivity contribution is 7.89. The standard InChI is InChI=1S/C24H21ClF2N2O3S/c25-22-13-19(27)6-5-17(22)15-28-24(30)14-23-21-4-2-1-3-16(21)11-12-29(23)33(31,32)20-9-7-18(26)8-10-20/h1-10,13,23H,11-12,14-15H2,(H,28,30). The second-order valence-electron chi connectivity index (χ2n) is 7.75. The molecule has 0 saturated carbocycles. The number of hydrogen-bond donors (Lipinski definition) is 1. The molecule has 0 fully saturated rings. The molecule has 0 spiro atoms. The Kier molecular flexibility index (Phi) is 6.78. The fourth-order valence-electron chi connectivity index (χ4n) is 3.98. The Hall–Kier alpha value is -2.81. The molecule has 1 atom stereocenters. The highest BCUT2D eigenvalue weighted by Crippen LogP contribution is 2.36. The SMILES string of the molecule is O=C(CC1c2ccccc2CCN1S(=O)(=O)c1ccc(F)cc1)NCc1ccc(F)cc1Cl. The lowest BCUT2D eigenvalue weighted by Gasteiger charge is -2.36. The Bertz CT molecular complexity index is 1280. The largest absolute Gasteiger partial charge is 0.352 e. The zero-order valence-electron chi connectivity index (χ0n) is 17.5. The normalized spacial score (nSPS) is 16.3. The van der Waals surface area contributed by atoms with E-state index in [0.717, 1.165) is 29.3 Å². The summed E-state index contributed by atoms with van der Waals surface area (Å²) in [7, 11) is -3.97. The lowest BCUT2D eigenvalue weighted by atomic mass is 9.92. The molecule has 33 heavy (non-hydrogen) atoms. The Morgan fingerprint density at radius 3 is 2.45 bits per heavy atom. The lowest BCUT2D eigenvalue weighted by molar-refractivity contribution is -0.122. The summed E-state index contributed by atoms with van der Waals surface area (Å²) in [6.45, 7) is 0.273. The van der Waals surface area contributed by atoms with E-state index < -0.39 is 27.7 Å². The molecule has 1 N–H and O–H groups in total. The van der Waals surface area contributed by atoms with Gasteiger partial charge in [-0.05, 0) is 59.5 Å². The summed E-state index contributed by atoms with van der Waals surface area (Å²) in [6.07, 6.45) is 0.385. The zero-order chi connectivity index (χ0) is 23.6. The molecule has 1 aliphatic rings. The van der Waals surface area contributed by atoms with Gasteiger partial charge < -0.3 is 5.32 Å². The van der Waals surface area contributed by atoms with Crippen molar-refractivity contribution < 1.29 is 22.0 Å². The number of rotatable bonds is 6. The van der Waals surface area contributed by atoms with Crippen molar-refractivity contribution >= 4 is 27.5 Å². The van der Waals surface area contributed by atoms with Crippen molar-refractivity contribution in [2.75, 3.05) is 6.54 Å². The van der Waals surface area contributed by atoms with Crippen molar-refractivity contribution in [3.63, 3.8) is 0 Å². The van der Waals surface area contributed by atoms with Crippen molar-refractivity contribution in [2.24, 2.45) is 0 Å². The van der Waals surface area contributed by atoms with E-state index in [1.54, 1.807) is 6.07 Å². The fraction of sp³-hybridized carbons (Fsp3) is 0.208. The molecule has 0 aliphatic carbocycles. The van der Waals surface area contributed by atoms with Crippen LogP contribution in [0, 0.1) is 11.6 Å². The highest BCUT2D eigenvalue weighted by atomic mass is 35.5. The second-order valence-corrected chi connectivity index (χ2v) is 10.0. The summed E-state index contributed by atoms with van der Waals surface area (Å²) in [4.78, 5) is 12.8. The third-order valence-electron chi connectivity index (χ3n) is 5.65. The van der Waals surface area contributed by atoms with Crippen molar-refractivity contribution in [3.05, 3.63) is 100 Å². The van der Waals surface area contributed by atoms with Crippen LogP contribution in [0.1, 0.15) is 29.2 Å². The summed E-state index contributed by atoms with van der Waals surface area (Å²) in [5, 5.41) is 2.93. The minimum atomic E-state index is -3.97. The molecule has 0 saturated heterocycles. The first-order valence-electron chi connectivity index (χ1n) is 10.3. The van der Waals surface area contributed by atoms with Crippen LogP contribution in [-0.4, -0.2) is 25.2 Å². The summed E-state index contributed by atoms with van der Waals surface area (Å²) >= 11 is 6.03. The van der Waals surface area contributed by atoms with Crippen molar-refractivity contribution in [1.29, 1.82) is 0 Å². The number of sulfonamides is 1. The van der Waals surface area contributed by atoms with Gasteiger partial charge in [0.1, 0.15) is 11.6 Å². The van der Waals surface area contributed by atoms with Crippen LogP contribution in [0.25, 0.3) is 0 Å². The van der Waals surface area contributed by atoms with Crippen LogP contribution in [0.5, 0.6) is 0 Å². The van der Waals surface area contributed by atoms with Gasteiger partial charge in [-0.15, -0.1) is 0 Å². The molecule has 3 aromatic carbocycles. The molecule has 0 bridgehead atoms. The van der Waals surface area contributed by atoms with Gasteiger partial charge in [-0.1, -0.05) is 41.9 Å². The number of carbonyl (C=O) groups is 1. The summed E-state index contributed by atoms with van der Waals surface area (Å²) in [5.41, 5.74) is 2.28. The topological polar surface area (TPSA) is 66.5 Å². The highest BCUT2D eigenvalue weighted by Gasteiger charge is 2.37. The summed E-state index contributed by atoms with van der Waals surface area (Å²) in [6, 6.07) is 15.2. The van der Waals surface area contributed by atoms with E-state index >= 15 is 0 Å². The van der Waals surface area contributed by atoms with Gasteiger partial charge in [-0.3, -0.25) is 4.79 Å². The molecule has 1 amide bonds. The van der Waals surface area contributed by atoms with Gasteiger partial charge >= 0.3 is 0 Å². The third-order valence-corrected chi connectivity index (χ3v) is 7.93. The maximum absolute atomic E-state index is 13.4. The molecular weight excluding hydrogens is 470 g/mol. The van der Waals surface area contributed by atoms with E-state index in [-0.39, 0.29) is 35.3 Å². The molecule has 172 valence electrons. The number of amides is 1. The third kappa shape index (κ3) is 5.08. The quantitative estimate of drug-likeness (QED) is 0.548. The predicted octanol–water partition coefficient (Wildman–Crippen LogP) is 4.61. The molecule has 4 rings (SSSR count). The molecule has 1 unspecified atom stereocenters. The number of fused-ring (bicyclic) bond motifs is 1. The molecule has 1 aliphatic heterocycles. The van der Waals surface area contributed by atoms with Crippen LogP contribution in [-0.2, 0) is 27.8 Å². The minimum Gasteiger partial charge on any atom is -0.352 e. The summed E-state index contributed by atoms with van der Waals surface area (Å²) in [5.74, 6) is -1.39. The number of halogens is 3. The smallest absolute Gasteiger partial charge is 0.243 e. The Balaban J connectivity index is 1.59. The maximum atomic E-state index is 13.4. The Labute approximate surface area is 196 Å². The molecule has 5 nitrogen and oxygen atoms in total. The first kappa shape index (κ1) is 23.4. The van der Waals surface area contributed by atoms with Crippen LogP contribution in [0.2, 0.25) is 5.02 Å². The number of hydrogen-bond acceptors (Lipinski definition) is 3. The molecule has 3 aromatic rings. The minimum absolute atomic E-state index is 0.0354. The number of carbonyl (C=O) groups excluding carboxylic acids is 1. The van der Waals surface area contributed by atoms with Gasteiger partial charge in [0.2, 0.25) is 15.9 Å². The van der Waals surface area contributed by atoms with E-state index in [9.17, 15) is 22.0 Å². The first-order chi connectivity index (χ1) is 15.8. The molecule has 9 heteroatoms. The average molecular weight is 491 g/mol. The first-order valence-corrected chi connectivity index (χ1v) is 12.1. The van der Waals surface area contributed by atoms with Crippen LogP contribution in [0.15, 0.2) is 71.6 Å². The van der Waals surface area contributed by atoms with Crippen molar-refractivity contribution in [1.82, 2.24) is 9.62 Å². The Morgan fingerprint density at radius 2 is 1.73 bits per heavy atom. The Morgan fingerprint density at radius 1 is 1.03 bits per heavy atom. The molecule has 1 heterocycles. The van der Waals surface area contributed by atoms with Gasteiger partial charge in [-0.25, -0.2) is 17.2 Å². The second kappa shape index (κ2) is 9.59. The van der Waals surface area contributed by atoms with Gasteiger partial charge in [0.15, 0.2) is 0 Å². The fourth-order valence-corrected chi connectivity index (χ4v) is 5.82. The van der Waals surface area contributed by atoms with Crippen LogP contribution in [0.3, 0.4) is 0 Å². The van der Waals surface area contributed by atoms with Crippen LogP contribution < -0.4 is 5.32 Å². The van der Waals surface area contributed by atoms with E-state index in [0.29, 0.717) is 12.0 Å². The number of benzene rings is 3. The van der Waals surface area contributed by atoms with E-state index in [1.165, 1.54) is 28.6 Å².